The maximum absolute atomic E-state index is 14.5. The van der Waals surface area contributed by atoms with Gasteiger partial charge in [0, 0.05) is 5.56 Å². The Labute approximate surface area is 240 Å². The summed E-state index contributed by atoms with van der Waals surface area (Å²) in [6.45, 7) is 2.24. The van der Waals surface area contributed by atoms with Gasteiger partial charge in [-0.3, -0.25) is 0 Å². The van der Waals surface area contributed by atoms with Crippen LogP contribution in [0.1, 0.15) is 105 Å². The molecule has 5 heteroatoms. The summed E-state index contributed by atoms with van der Waals surface area (Å²) in [4.78, 5) is 13.1. The van der Waals surface area contributed by atoms with Gasteiger partial charge >= 0.3 is 12.1 Å². The van der Waals surface area contributed by atoms with Crippen LogP contribution in [0.15, 0.2) is 78.9 Å². The van der Waals surface area contributed by atoms with E-state index in [0.29, 0.717) is 27.5 Å². The van der Waals surface area contributed by atoms with Gasteiger partial charge in [-0.1, -0.05) is 106 Å². The first-order chi connectivity index (χ1) is 19.8. The van der Waals surface area contributed by atoms with Crippen molar-refractivity contribution in [1.82, 2.24) is 0 Å². The number of halogens is 3. The molecule has 216 valence electrons. The van der Waals surface area contributed by atoms with Crippen molar-refractivity contribution in [1.29, 1.82) is 0 Å². The smallest absolute Gasteiger partial charge is 0.429 e. The van der Waals surface area contributed by atoms with Gasteiger partial charge < -0.3 is 4.74 Å². The van der Waals surface area contributed by atoms with Crippen LogP contribution in [0.2, 0.25) is 0 Å². The zero-order valence-electron chi connectivity index (χ0n) is 23.8. The van der Waals surface area contributed by atoms with Crippen LogP contribution < -0.4 is 0 Å². The summed E-state index contributed by atoms with van der Waals surface area (Å²) in [5.41, 5.74) is 1.25. The summed E-state index contributed by atoms with van der Waals surface area (Å²) < 4.78 is 48.9. The van der Waals surface area contributed by atoms with Gasteiger partial charge in [-0.05, 0) is 82.8 Å². The Morgan fingerprint density at radius 2 is 1.39 bits per heavy atom. The van der Waals surface area contributed by atoms with E-state index in [2.05, 4.69) is 6.92 Å². The van der Waals surface area contributed by atoms with Crippen molar-refractivity contribution in [3.63, 3.8) is 0 Å². The number of benzene rings is 4. The highest BCUT2D eigenvalue weighted by Crippen LogP contribution is 2.43. The van der Waals surface area contributed by atoms with Crippen LogP contribution in [0.25, 0.3) is 21.5 Å². The molecular formula is C36H39F3O2. The molecule has 41 heavy (non-hydrogen) atoms. The summed E-state index contributed by atoms with van der Waals surface area (Å²) >= 11 is 0. The van der Waals surface area contributed by atoms with E-state index in [1.54, 1.807) is 60.7 Å². The second kappa shape index (κ2) is 13.1. The highest BCUT2D eigenvalue weighted by Gasteiger charge is 2.46. The first-order valence-corrected chi connectivity index (χ1v) is 15.1. The largest absolute Gasteiger partial charge is 0.444 e. The van der Waals surface area contributed by atoms with E-state index >= 15 is 0 Å². The van der Waals surface area contributed by atoms with E-state index in [0.717, 1.165) is 24.3 Å². The Hall–Kier alpha value is -3.34. The molecule has 0 radical (unpaired) electrons. The lowest BCUT2D eigenvalue weighted by molar-refractivity contribution is -0.206. The Bertz CT molecular complexity index is 1400. The molecule has 5 rings (SSSR count). The van der Waals surface area contributed by atoms with E-state index in [9.17, 15) is 18.0 Å². The molecule has 0 saturated heterocycles. The lowest BCUT2D eigenvalue weighted by atomic mass is 9.77. The fourth-order valence-electron chi connectivity index (χ4n) is 6.51. The third-order valence-electron chi connectivity index (χ3n) is 8.78. The predicted octanol–water partition coefficient (Wildman–Crippen LogP) is 11.1. The first-order valence-electron chi connectivity index (χ1n) is 15.1. The molecule has 0 spiro atoms. The van der Waals surface area contributed by atoms with Gasteiger partial charge in [0.05, 0.1) is 5.56 Å². The average Bonchev–Trinajstić information content (AvgIpc) is 2.98. The maximum atomic E-state index is 14.5. The van der Waals surface area contributed by atoms with Crippen molar-refractivity contribution in [3.05, 3.63) is 95.6 Å². The number of ether oxygens (including phenoxy) is 1. The zero-order valence-corrected chi connectivity index (χ0v) is 23.8. The Morgan fingerprint density at radius 3 is 1.98 bits per heavy atom. The van der Waals surface area contributed by atoms with Crippen LogP contribution in [-0.4, -0.2) is 12.1 Å². The highest BCUT2D eigenvalue weighted by molar-refractivity contribution is 6.03. The molecule has 2 nitrogen and oxygen atoms in total. The minimum absolute atomic E-state index is 0.0294. The molecule has 1 aliphatic rings. The second-order valence-electron chi connectivity index (χ2n) is 11.6. The molecule has 0 aliphatic heterocycles. The average molecular weight is 561 g/mol. The van der Waals surface area contributed by atoms with E-state index in [1.807, 2.05) is 18.2 Å². The number of alkyl halides is 3. The van der Waals surface area contributed by atoms with Gasteiger partial charge in [0.1, 0.15) is 0 Å². The molecular weight excluding hydrogens is 521 g/mol. The molecule has 1 aliphatic carbocycles. The molecule has 1 saturated carbocycles. The number of carbonyl (C=O) groups is 1. The van der Waals surface area contributed by atoms with Crippen molar-refractivity contribution >= 4 is 27.5 Å². The van der Waals surface area contributed by atoms with Gasteiger partial charge in [-0.2, -0.15) is 13.2 Å². The lowest BCUT2D eigenvalue weighted by Gasteiger charge is -2.29. The van der Waals surface area contributed by atoms with E-state index < -0.39 is 18.2 Å². The Balaban J connectivity index is 1.29. The second-order valence-corrected chi connectivity index (χ2v) is 11.6. The van der Waals surface area contributed by atoms with E-state index in [4.69, 9.17) is 4.74 Å². The van der Waals surface area contributed by atoms with Crippen molar-refractivity contribution in [2.45, 2.75) is 89.3 Å². The Kier molecular flexibility index (Phi) is 9.32. The number of carbonyl (C=O) groups excluding carboxylic acids is 1. The van der Waals surface area contributed by atoms with Gasteiger partial charge in [-0.25, -0.2) is 4.79 Å². The molecule has 0 N–H and O–H groups in total. The van der Waals surface area contributed by atoms with Crippen LogP contribution in [0.3, 0.4) is 0 Å². The molecule has 0 unspecified atom stereocenters. The minimum Gasteiger partial charge on any atom is -0.444 e. The van der Waals surface area contributed by atoms with Gasteiger partial charge in [0.2, 0.25) is 6.10 Å². The van der Waals surface area contributed by atoms with Crippen LogP contribution in [0.4, 0.5) is 13.2 Å². The maximum Gasteiger partial charge on any atom is 0.429 e. The molecule has 4 aromatic rings. The van der Waals surface area contributed by atoms with Crippen LogP contribution in [0, 0.1) is 5.92 Å². The summed E-state index contributed by atoms with van der Waals surface area (Å²) in [5.74, 6) is 0.260. The third kappa shape index (κ3) is 6.94. The van der Waals surface area contributed by atoms with Gasteiger partial charge in [0.25, 0.3) is 0 Å². The molecule has 1 atom stereocenters. The lowest BCUT2D eigenvalue weighted by Crippen LogP contribution is -2.27. The van der Waals surface area contributed by atoms with Gasteiger partial charge in [-0.15, -0.1) is 0 Å². The predicted molar refractivity (Wildman–Crippen MR) is 160 cm³/mol. The van der Waals surface area contributed by atoms with Crippen molar-refractivity contribution in [3.8, 4) is 0 Å². The minimum atomic E-state index is -4.78. The molecule has 0 bridgehead atoms. The molecule has 0 aromatic heterocycles. The standard InChI is InChI=1S/C36H39F3O2/c1-2-3-4-5-6-11-25-16-18-26(19-17-25)27-20-22-28(23-21-27)35(40)41-34(36(37,38)39)33-31-14-9-7-12-29(31)24-30-13-8-10-15-32(30)33/h7-10,12-15,20-26,34H,2-6,11,16-19H2,1H3/t25-,26-,34-/m0/s1. The SMILES string of the molecule is CCCCCCC[C@H]1CC[C@H](c2ccc(C(=O)O[C@@H](c3c4ccccc4cc4ccccc34)C(F)(F)F)cc2)CC1. The number of hydrogen-bond acceptors (Lipinski definition) is 2. The topological polar surface area (TPSA) is 26.3 Å². The first kappa shape index (κ1) is 29.2. The van der Waals surface area contributed by atoms with E-state index in [-0.39, 0.29) is 11.1 Å². The van der Waals surface area contributed by atoms with Crippen LogP contribution in [0.5, 0.6) is 0 Å². The fourth-order valence-corrected chi connectivity index (χ4v) is 6.51. The number of esters is 1. The number of rotatable bonds is 10. The fraction of sp³-hybridized carbons (Fsp3) is 0.417. The van der Waals surface area contributed by atoms with E-state index in [1.165, 1.54) is 51.4 Å². The number of hydrogen-bond donors (Lipinski definition) is 0. The zero-order chi connectivity index (χ0) is 28.8. The van der Waals surface area contributed by atoms with Crippen LogP contribution in [-0.2, 0) is 4.74 Å². The van der Waals surface area contributed by atoms with Crippen LogP contribution >= 0.6 is 0 Å². The monoisotopic (exact) mass is 560 g/mol. The summed E-state index contributed by atoms with van der Waals surface area (Å²) in [6, 6.07) is 22.7. The summed E-state index contributed by atoms with van der Waals surface area (Å²) in [6.07, 6.45) is 5.40. The van der Waals surface area contributed by atoms with Crippen molar-refractivity contribution in [2.75, 3.05) is 0 Å². The molecule has 0 amide bonds. The molecule has 1 fully saturated rings. The summed E-state index contributed by atoms with van der Waals surface area (Å²) in [7, 11) is 0. The summed E-state index contributed by atoms with van der Waals surface area (Å²) in [5, 5.41) is 2.19. The van der Waals surface area contributed by atoms with Crippen molar-refractivity contribution < 1.29 is 22.7 Å². The number of unbranched alkanes of at least 4 members (excludes halogenated alkanes) is 4. The van der Waals surface area contributed by atoms with Gasteiger partial charge in [0.15, 0.2) is 0 Å². The van der Waals surface area contributed by atoms with Crippen molar-refractivity contribution in [2.24, 2.45) is 5.92 Å². The Morgan fingerprint density at radius 1 is 0.805 bits per heavy atom. The molecule has 4 aromatic carbocycles. The normalized spacial score (nSPS) is 18.4. The quantitative estimate of drug-likeness (QED) is 0.110. The molecule has 0 heterocycles. The highest BCUT2D eigenvalue weighted by atomic mass is 19.4. The number of fused-ring (bicyclic) bond motifs is 2. The third-order valence-corrected chi connectivity index (χ3v) is 8.78.